The number of aromatic nitrogens is 3. The van der Waals surface area contributed by atoms with E-state index in [1.54, 1.807) is 25.4 Å². The fraction of sp³-hybridized carbons (Fsp3) is 0.100. The molecule has 0 saturated carbocycles. The molecule has 0 spiro atoms. The van der Waals surface area contributed by atoms with E-state index in [2.05, 4.69) is 10.1 Å². The van der Waals surface area contributed by atoms with Gasteiger partial charge in [0, 0.05) is 18.0 Å². The van der Waals surface area contributed by atoms with Crippen LogP contribution in [-0.4, -0.2) is 25.8 Å². The third kappa shape index (κ3) is 1.90. The summed E-state index contributed by atoms with van der Waals surface area (Å²) in [5.41, 5.74) is 1.25. The molecule has 2 aromatic rings. The normalized spacial score (nSPS) is 10.4. The summed E-state index contributed by atoms with van der Waals surface area (Å²) in [7, 11) is 0. The summed E-state index contributed by atoms with van der Waals surface area (Å²) in [5.74, 6) is -1.05. The lowest BCUT2D eigenvalue weighted by molar-refractivity contribution is 0.0689. The highest BCUT2D eigenvalue weighted by atomic mass is 35.5. The molecular formula is C10H8ClN3O2. The average Bonchev–Trinajstić information content (AvgIpc) is 2.60. The summed E-state index contributed by atoms with van der Waals surface area (Å²) in [6, 6.07) is 1.66. The van der Waals surface area contributed by atoms with Crippen molar-refractivity contribution in [3.05, 3.63) is 40.9 Å². The standard InChI is InChI=1S/C10H8ClN3O2/c1-6-5-14(13-9(6)10(15)16)8-2-7(11)3-12-4-8/h2-5H,1H3,(H,15,16). The van der Waals surface area contributed by atoms with Gasteiger partial charge < -0.3 is 5.11 Å². The lowest BCUT2D eigenvalue weighted by atomic mass is 10.3. The second-order valence-corrected chi connectivity index (χ2v) is 3.71. The number of carboxylic acids is 1. The number of aryl methyl sites for hydroxylation is 1. The molecular weight excluding hydrogens is 230 g/mol. The molecule has 6 heteroatoms. The largest absolute Gasteiger partial charge is 0.476 e. The van der Waals surface area contributed by atoms with Gasteiger partial charge in [0.25, 0.3) is 0 Å². The molecule has 16 heavy (non-hydrogen) atoms. The van der Waals surface area contributed by atoms with Gasteiger partial charge in [-0.25, -0.2) is 9.48 Å². The molecule has 0 saturated heterocycles. The Bertz CT molecular complexity index is 551. The Kier molecular flexibility index (Phi) is 2.62. The number of pyridine rings is 1. The molecule has 0 fully saturated rings. The number of hydrogen-bond donors (Lipinski definition) is 1. The Morgan fingerprint density at radius 1 is 1.50 bits per heavy atom. The molecule has 2 aromatic heterocycles. The van der Waals surface area contributed by atoms with Gasteiger partial charge in [0.1, 0.15) is 0 Å². The van der Waals surface area contributed by atoms with Crippen molar-refractivity contribution < 1.29 is 9.90 Å². The molecule has 0 bridgehead atoms. The molecule has 0 aliphatic carbocycles. The van der Waals surface area contributed by atoms with Crippen LogP contribution in [0.15, 0.2) is 24.7 Å². The zero-order valence-electron chi connectivity index (χ0n) is 8.38. The Labute approximate surface area is 96.3 Å². The van der Waals surface area contributed by atoms with Crippen LogP contribution in [0.25, 0.3) is 5.69 Å². The molecule has 0 aliphatic rings. The molecule has 5 nitrogen and oxygen atoms in total. The first-order valence-corrected chi connectivity index (χ1v) is 4.86. The minimum Gasteiger partial charge on any atom is -0.476 e. The molecule has 2 heterocycles. The van der Waals surface area contributed by atoms with Crippen LogP contribution in [0.4, 0.5) is 0 Å². The second-order valence-electron chi connectivity index (χ2n) is 3.27. The van der Waals surface area contributed by atoms with Crippen molar-refractivity contribution in [2.45, 2.75) is 6.92 Å². The summed E-state index contributed by atoms with van der Waals surface area (Å²) in [4.78, 5) is 14.7. The minimum atomic E-state index is -1.05. The highest BCUT2D eigenvalue weighted by Gasteiger charge is 2.13. The molecule has 82 valence electrons. The van der Waals surface area contributed by atoms with Crippen LogP contribution < -0.4 is 0 Å². The fourth-order valence-electron chi connectivity index (χ4n) is 1.33. The third-order valence-corrected chi connectivity index (χ3v) is 2.26. The van der Waals surface area contributed by atoms with Crippen molar-refractivity contribution in [1.29, 1.82) is 0 Å². The lowest BCUT2D eigenvalue weighted by Crippen LogP contribution is -2.01. The number of rotatable bonds is 2. The van der Waals surface area contributed by atoms with Gasteiger partial charge in [-0.05, 0) is 13.0 Å². The van der Waals surface area contributed by atoms with Gasteiger partial charge in [0.05, 0.1) is 16.9 Å². The number of hydrogen-bond acceptors (Lipinski definition) is 3. The van der Waals surface area contributed by atoms with Gasteiger partial charge in [-0.3, -0.25) is 4.98 Å². The van der Waals surface area contributed by atoms with Gasteiger partial charge in [-0.15, -0.1) is 0 Å². The maximum atomic E-state index is 10.8. The summed E-state index contributed by atoms with van der Waals surface area (Å²) >= 11 is 5.78. The van der Waals surface area contributed by atoms with Crippen molar-refractivity contribution in [3.63, 3.8) is 0 Å². The first kappa shape index (κ1) is 10.6. The lowest BCUT2D eigenvalue weighted by Gasteiger charge is -1.99. The molecule has 0 radical (unpaired) electrons. The Hall–Kier alpha value is -1.88. The first-order valence-electron chi connectivity index (χ1n) is 4.48. The topological polar surface area (TPSA) is 68.0 Å². The van der Waals surface area contributed by atoms with Gasteiger partial charge in [-0.1, -0.05) is 11.6 Å². The molecule has 0 atom stereocenters. The van der Waals surface area contributed by atoms with Gasteiger partial charge in [0.2, 0.25) is 0 Å². The highest BCUT2D eigenvalue weighted by Crippen LogP contribution is 2.14. The van der Waals surface area contributed by atoms with E-state index < -0.39 is 5.97 Å². The molecule has 0 aromatic carbocycles. The van der Waals surface area contributed by atoms with Crippen molar-refractivity contribution in [3.8, 4) is 5.69 Å². The fourth-order valence-corrected chi connectivity index (χ4v) is 1.50. The van der Waals surface area contributed by atoms with E-state index in [9.17, 15) is 4.79 Å². The van der Waals surface area contributed by atoms with E-state index in [1.165, 1.54) is 10.9 Å². The predicted molar refractivity (Wildman–Crippen MR) is 58.1 cm³/mol. The van der Waals surface area contributed by atoms with E-state index in [1.807, 2.05) is 0 Å². The Morgan fingerprint density at radius 3 is 2.81 bits per heavy atom. The van der Waals surface area contributed by atoms with Crippen LogP contribution in [0, 0.1) is 6.92 Å². The van der Waals surface area contributed by atoms with E-state index in [-0.39, 0.29) is 5.69 Å². The third-order valence-electron chi connectivity index (χ3n) is 2.05. The second kappa shape index (κ2) is 3.94. The Morgan fingerprint density at radius 2 is 2.25 bits per heavy atom. The number of nitrogens with zero attached hydrogens (tertiary/aromatic N) is 3. The average molecular weight is 238 g/mol. The summed E-state index contributed by atoms with van der Waals surface area (Å²) < 4.78 is 1.44. The maximum Gasteiger partial charge on any atom is 0.356 e. The number of carbonyl (C=O) groups is 1. The van der Waals surface area contributed by atoms with Crippen LogP contribution in [-0.2, 0) is 0 Å². The van der Waals surface area contributed by atoms with Crippen molar-refractivity contribution in [2.24, 2.45) is 0 Å². The number of carboxylic acid groups (broad SMARTS) is 1. The molecule has 2 rings (SSSR count). The predicted octanol–water partition coefficient (Wildman–Crippen LogP) is 1.93. The van der Waals surface area contributed by atoms with Gasteiger partial charge >= 0.3 is 5.97 Å². The zero-order chi connectivity index (χ0) is 11.7. The quantitative estimate of drug-likeness (QED) is 0.867. The smallest absolute Gasteiger partial charge is 0.356 e. The van der Waals surface area contributed by atoms with Gasteiger partial charge in [-0.2, -0.15) is 5.10 Å². The molecule has 1 N–H and O–H groups in total. The number of aromatic carboxylic acids is 1. The molecule has 0 unspecified atom stereocenters. The van der Waals surface area contributed by atoms with Crippen molar-refractivity contribution >= 4 is 17.6 Å². The number of halogens is 1. The molecule has 0 amide bonds. The zero-order valence-corrected chi connectivity index (χ0v) is 9.14. The van der Waals surface area contributed by atoms with E-state index >= 15 is 0 Å². The highest BCUT2D eigenvalue weighted by molar-refractivity contribution is 6.30. The van der Waals surface area contributed by atoms with E-state index in [0.29, 0.717) is 16.3 Å². The maximum absolute atomic E-state index is 10.8. The summed E-state index contributed by atoms with van der Waals surface area (Å²) in [6.07, 6.45) is 4.68. The summed E-state index contributed by atoms with van der Waals surface area (Å²) in [6.45, 7) is 1.69. The first-order chi connectivity index (χ1) is 7.58. The van der Waals surface area contributed by atoms with E-state index in [4.69, 9.17) is 16.7 Å². The van der Waals surface area contributed by atoms with Crippen molar-refractivity contribution in [2.75, 3.05) is 0 Å². The van der Waals surface area contributed by atoms with Crippen LogP contribution in [0.2, 0.25) is 5.02 Å². The van der Waals surface area contributed by atoms with Crippen molar-refractivity contribution in [1.82, 2.24) is 14.8 Å². The van der Waals surface area contributed by atoms with Gasteiger partial charge in [0.15, 0.2) is 5.69 Å². The van der Waals surface area contributed by atoms with Crippen LogP contribution in [0.5, 0.6) is 0 Å². The SMILES string of the molecule is Cc1cn(-c2cncc(Cl)c2)nc1C(=O)O. The summed E-state index contributed by atoms with van der Waals surface area (Å²) in [5, 5.41) is 13.3. The van der Waals surface area contributed by atoms with Crippen LogP contribution in [0.1, 0.15) is 16.1 Å². The minimum absolute atomic E-state index is 0.0278. The monoisotopic (exact) mass is 237 g/mol. The van der Waals surface area contributed by atoms with Crippen LogP contribution in [0.3, 0.4) is 0 Å². The van der Waals surface area contributed by atoms with Crippen LogP contribution >= 0.6 is 11.6 Å². The molecule has 0 aliphatic heterocycles. The van der Waals surface area contributed by atoms with E-state index in [0.717, 1.165) is 0 Å². The Balaban J connectivity index is 2.49.